The van der Waals surface area contributed by atoms with Crippen LogP contribution in [0, 0.1) is 5.92 Å². The van der Waals surface area contributed by atoms with Crippen molar-refractivity contribution in [3.63, 3.8) is 0 Å². The molecule has 1 saturated carbocycles. The summed E-state index contributed by atoms with van der Waals surface area (Å²) >= 11 is 0. The molecule has 2 aliphatic rings. The summed E-state index contributed by atoms with van der Waals surface area (Å²) in [4.78, 5) is 7.34. The Kier molecular flexibility index (Phi) is 4.21. The average molecular weight is 287 g/mol. The lowest BCUT2D eigenvalue weighted by Crippen LogP contribution is -2.39. The maximum Gasteiger partial charge on any atom is 0.128 e. The maximum absolute atomic E-state index is 4.78. The van der Waals surface area contributed by atoms with Crippen LogP contribution in [0.4, 0.5) is 5.82 Å². The molecule has 1 aromatic rings. The van der Waals surface area contributed by atoms with E-state index in [1.54, 1.807) is 0 Å². The summed E-state index contributed by atoms with van der Waals surface area (Å²) in [5.74, 6) is 1.96. The van der Waals surface area contributed by atoms with Gasteiger partial charge in [0.2, 0.25) is 0 Å². The number of rotatable bonds is 4. The number of nitrogens with zero attached hydrogens (tertiary/aromatic N) is 2. The Hall–Kier alpha value is -1.09. The van der Waals surface area contributed by atoms with Crippen LogP contribution in [0.1, 0.15) is 52.0 Å². The Balaban J connectivity index is 1.71. The molecule has 3 rings (SSSR count). The predicted octanol–water partition coefficient (Wildman–Crippen LogP) is 3.35. The molecule has 1 unspecified atom stereocenters. The first-order valence-corrected chi connectivity index (χ1v) is 8.48. The first-order chi connectivity index (χ1) is 10.0. The van der Waals surface area contributed by atoms with E-state index in [0.29, 0.717) is 0 Å². The minimum absolute atomic E-state index is 0.184. The van der Waals surface area contributed by atoms with Crippen LogP contribution in [0.25, 0.3) is 0 Å². The fraction of sp³-hybridized carbons (Fsp3) is 0.722. The summed E-state index contributed by atoms with van der Waals surface area (Å²) in [5, 5.41) is 3.53. The van der Waals surface area contributed by atoms with Gasteiger partial charge in [-0.1, -0.05) is 26.8 Å². The topological polar surface area (TPSA) is 28.2 Å². The lowest BCUT2D eigenvalue weighted by molar-refractivity contribution is 0.375. The number of hydrogen-bond acceptors (Lipinski definition) is 3. The number of pyridine rings is 1. The molecule has 3 nitrogen and oxygen atoms in total. The highest BCUT2D eigenvalue weighted by Gasteiger charge is 2.32. The van der Waals surface area contributed by atoms with Crippen molar-refractivity contribution in [1.29, 1.82) is 0 Å². The van der Waals surface area contributed by atoms with Gasteiger partial charge in [-0.15, -0.1) is 0 Å². The zero-order valence-corrected chi connectivity index (χ0v) is 13.7. The molecular weight excluding hydrogens is 258 g/mol. The monoisotopic (exact) mass is 287 g/mol. The number of anilines is 1. The summed E-state index contributed by atoms with van der Waals surface area (Å²) in [6.07, 6.45) is 7.42. The van der Waals surface area contributed by atoms with Gasteiger partial charge in [0, 0.05) is 18.8 Å². The molecule has 2 heterocycles. The van der Waals surface area contributed by atoms with Crippen molar-refractivity contribution in [3.8, 4) is 0 Å². The second kappa shape index (κ2) is 5.96. The molecule has 0 radical (unpaired) electrons. The van der Waals surface area contributed by atoms with Gasteiger partial charge < -0.3 is 10.2 Å². The quantitative estimate of drug-likeness (QED) is 0.920. The standard InChI is InChI=1S/C18H29N3/c1-18(2,3)15-6-9-17(20-12-15)21(16-7-8-16)13-14-5-4-10-19-11-14/h6,9,12,14,16,19H,4-5,7-8,10-11,13H2,1-3H3. The Morgan fingerprint density at radius 1 is 1.24 bits per heavy atom. The summed E-state index contributed by atoms with van der Waals surface area (Å²) in [6, 6.07) is 5.23. The highest BCUT2D eigenvalue weighted by Crippen LogP contribution is 2.33. The van der Waals surface area contributed by atoms with E-state index < -0.39 is 0 Å². The third kappa shape index (κ3) is 3.76. The van der Waals surface area contributed by atoms with E-state index in [1.807, 2.05) is 0 Å². The number of nitrogens with one attached hydrogen (secondary N) is 1. The first-order valence-electron chi connectivity index (χ1n) is 8.48. The van der Waals surface area contributed by atoms with E-state index in [4.69, 9.17) is 4.98 Å². The largest absolute Gasteiger partial charge is 0.353 e. The average Bonchev–Trinajstić information content (AvgIpc) is 3.30. The molecule has 0 spiro atoms. The van der Waals surface area contributed by atoms with E-state index in [2.05, 4.69) is 49.3 Å². The van der Waals surface area contributed by atoms with Crippen LogP contribution in [0.2, 0.25) is 0 Å². The molecule has 1 atom stereocenters. The predicted molar refractivity (Wildman–Crippen MR) is 88.9 cm³/mol. The van der Waals surface area contributed by atoms with Crippen LogP contribution in [-0.4, -0.2) is 30.7 Å². The smallest absolute Gasteiger partial charge is 0.128 e. The lowest BCUT2D eigenvalue weighted by Gasteiger charge is -2.31. The minimum Gasteiger partial charge on any atom is -0.353 e. The summed E-state index contributed by atoms with van der Waals surface area (Å²) in [7, 11) is 0. The fourth-order valence-corrected chi connectivity index (χ4v) is 3.17. The normalized spacial score (nSPS) is 23.1. The van der Waals surface area contributed by atoms with Gasteiger partial charge >= 0.3 is 0 Å². The summed E-state index contributed by atoms with van der Waals surface area (Å²) in [6.45, 7) is 10.3. The SMILES string of the molecule is CC(C)(C)c1ccc(N(CC2CCCNC2)C2CC2)nc1. The molecule has 0 aromatic carbocycles. The van der Waals surface area contributed by atoms with E-state index in [1.165, 1.54) is 56.7 Å². The van der Waals surface area contributed by atoms with Gasteiger partial charge in [-0.3, -0.25) is 0 Å². The van der Waals surface area contributed by atoms with Crippen LogP contribution in [-0.2, 0) is 5.41 Å². The van der Waals surface area contributed by atoms with Gasteiger partial charge in [0.25, 0.3) is 0 Å². The van der Waals surface area contributed by atoms with Gasteiger partial charge in [0.15, 0.2) is 0 Å². The Bertz CT molecular complexity index is 450. The molecule has 2 fully saturated rings. The Morgan fingerprint density at radius 2 is 2.05 bits per heavy atom. The molecule has 3 heteroatoms. The maximum atomic E-state index is 4.78. The Labute approximate surface area is 129 Å². The second-order valence-electron chi connectivity index (χ2n) is 7.75. The van der Waals surface area contributed by atoms with Crippen molar-refractivity contribution in [1.82, 2.24) is 10.3 Å². The van der Waals surface area contributed by atoms with Gasteiger partial charge in [-0.05, 0) is 61.7 Å². The van der Waals surface area contributed by atoms with E-state index in [9.17, 15) is 0 Å². The Morgan fingerprint density at radius 3 is 2.57 bits per heavy atom. The molecule has 1 aliphatic carbocycles. The van der Waals surface area contributed by atoms with Crippen molar-refractivity contribution in [2.45, 2.75) is 57.9 Å². The molecule has 1 aromatic heterocycles. The highest BCUT2D eigenvalue weighted by molar-refractivity contribution is 5.43. The van der Waals surface area contributed by atoms with E-state index in [0.717, 1.165) is 12.0 Å². The van der Waals surface area contributed by atoms with Gasteiger partial charge in [-0.2, -0.15) is 0 Å². The number of aromatic nitrogens is 1. The molecule has 1 aliphatic heterocycles. The molecule has 1 saturated heterocycles. The lowest BCUT2D eigenvalue weighted by atomic mass is 9.88. The molecule has 21 heavy (non-hydrogen) atoms. The molecule has 116 valence electrons. The van der Waals surface area contributed by atoms with Crippen molar-refractivity contribution < 1.29 is 0 Å². The van der Waals surface area contributed by atoms with Gasteiger partial charge in [0.05, 0.1) is 0 Å². The summed E-state index contributed by atoms with van der Waals surface area (Å²) in [5.41, 5.74) is 1.50. The fourth-order valence-electron chi connectivity index (χ4n) is 3.17. The zero-order valence-electron chi connectivity index (χ0n) is 13.7. The molecule has 0 amide bonds. The second-order valence-corrected chi connectivity index (χ2v) is 7.75. The number of hydrogen-bond donors (Lipinski definition) is 1. The molecular formula is C18H29N3. The number of piperidine rings is 1. The van der Waals surface area contributed by atoms with Crippen LogP contribution in [0.3, 0.4) is 0 Å². The minimum atomic E-state index is 0.184. The zero-order chi connectivity index (χ0) is 14.9. The van der Waals surface area contributed by atoms with E-state index in [-0.39, 0.29) is 5.41 Å². The van der Waals surface area contributed by atoms with Crippen LogP contribution in [0.5, 0.6) is 0 Å². The van der Waals surface area contributed by atoms with Crippen LogP contribution in [0.15, 0.2) is 18.3 Å². The van der Waals surface area contributed by atoms with E-state index >= 15 is 0 Å². The highest BCUT2D eigenvalue weighted by atomic mass is 15.2. The van der Waals surface area contributed by atoms with Crippen molar-refractivity contribution >= 4 is 5.82 Å². The van der Waals surface area contributed by atoms with Crippen LogP contribution < -0.4 is 10.2 Å². The summed E-state index contributed by atoms with van der Waals surface area (Å²) < 4.78 is 0. The van der Waals surface area contributed by atoms with Crippen molar-refractivity contribution in [2.24, 2.45) is 5.92 Å². The molecule has 0 bridgehead atoms. The van der Waals surface area contributed by atoms with Crippen LogP contribution >= 0.6 is 0 Å². The van der Waals surface area contributed by atoms with Crippen molar-refractivity contribution in [3.05, 3.63) is 23.9 Å². The third-order valence-electron chi connectivity index (χ3n) is 4.75. The van der Waals surface area contributed by atoms with Gasteiger partial charge in [0.1, 0.15) is 5.82 Å². The van der Waals surface area contributed by atoms with Crippen molar-refractivity contribution in [2.75, 3.05) is 24.5 Å². The van der Waals surface area contributed by atoms with Gasteiger partial charge in [-0.25, -0.2) is 4.98 Å². The third-order valence-corrected chi connectivity index (χ3v) is 4.75. The molecule has 1 N–H and O–H groups in total. The first kappa shape index (κ1) is 14.8.